The van der Waals surface area contributed by atoms with E-state index in [1.807, 2.05) is 19.2 Å². The van der Waals surface area contributed by atoms with E-state index in [1.54, 1.807) is 4.90 Å². The van der Waals surface area contributed by atoms with Crippen molar-refractivity contribution in [1.82, 2.24) is 25.3 Å². The molecule has 1 saturated heterocycles. The third-order valence-corrected chi connectivity index (χ3v) is 6.57. The van der Waals surface area contributed by atoms with Crippen molar-refractivity contribution in [3.05, 3.63) is 29.5 Å². The number of hydrogen-bond acceptors (Lipinski definition) is 6. The molecule has 0 bridgehead atoms. The molecule has 1 aliphatic carbocycles. The van der Waals surface area contributed by atoms with Gasteiger partial charge in [-0.3, -0.25) is 9.59 Å². The number of nitrogens with zero attached hydrogens (tertiary/aromatic N) is 4. The summed E-state index contributed by atoms with van der Waals surface area (Å²) in [5, 5.41) is 7.07. The third-order valence-electron chi connectivity index (χ3n) is 6.57. The summed E-state index contributed by atoms with van der Waals surface area (Å²) in [4.78, 5) is 35.1. The standard InChI is InChI=1S/C24H33N5O3/c1-15(2)24-26-13-19(20-11-16(3)28-32-20)23(27-24)18-8-6-17(7-9-18)12-25-21(30)14-29-10-4-5-22(29)31/h11,13,15,17-18H,4-10,12,14H2,1-3H3,(H,25,30). The Labute approximate surface area is 189 Å². The van der Waals surface area contributed by atoms with Crippen LogP contribution >= 0.6 is 0 Å². The lowest BCUT2D eigenvalue weighted by Gasteiger charge is -2.29. The SMILES string of the molecule is Cc1cc(-c2cnc(C(C)C)nc2C2CCC(CNC(=O)CN3CCCC3=O)CC2)on1. The second-order valence-corrected chi connectivity index (χ2v) is 9.45. The van der Waals surface area contributed by atoms with Crippen molar-refractivity contribution < 1.29 is 14.1 Å². The highest BCUT2D eigenvalue weighted by Crippen LogP contribution is 2.39. The van der Waals surface area contributed by atoms with Crippen molar-refractivity contribution in [2.75, 3.05) is 19.6 Å². The molecule has 0 atom stereocenters. The average Bonchev–Trinajstić information content (AvgIpc) is 3.40. The van der Waals surface area contributed by atoms with Gasteiger partial charge in [0.15, 0.2) is 5.76 Å². The van der Waals surface area contributed by atoms with Gasteiger partial charge in [0.05, 0.1) is 23.5 Å². The van der Waals surface area contributed by atoms with Gasteiger partial charge in [0.2, 0.25) is 11.8 Å². The maximum atomic E-state index is 12.2. The predicted octanol–water partition coefficient (Wildman–Crippen LogP) is 3.58. The molecule has 172 valence electrons. The van der Waals surface area contributed by atoms with Crippen LogP contribution in [0.25, 0.3) is 11.3 Å². The molecule has 8 nitrogen and oxygen atoms in total. The summed E-state index contributed by atoms with van der Waals surface area (Å²) in [7, 11) is 0. The molecule has 2 aromatic heterocycles. The summed E-state index contributed by atoms with van der Waals surface area (Å²) in [6, 6.07) is 1.93. The molecular formula is C24H33N5O3. The van der Waals surface area contributed by atoms with Crippen LogP contribution in [0.4, 0.5) is 0 Å². The molecular weight excluding hydrogens is 406 g/mol. The maximum absolute atomic E-state index is 12.2. The first-order valence-corrected chi connectivity index (χ1v) is 11.8. The van der Waals surface area contributed by atoms with Crippen molar-refractivity contribution in [1.29, 1.82) is 0 Å². The molecule has 1 saturated carbocycles. The zero-order valence-corrected chi connectivity index (χ0v) is 19.3. The topological polar surface area (TPSA) is 101 Å². The van der Waals surface area contributed by atoms with Gasteiger partial charge in [-0.1, -0.05) is 19.0 Å². The maximum Gasteiger partial charge on any atom is 0.239 e. The second-order valence-electron chi connectivity index (χ2n) is 9.45. The number of rotatable bonds is 7. The smallest absolute Gasteiger partial charge is 0.239 e. The lowest BCUT2D eigenvalue weighted by molar-refractivity contribution is -0.133. The zero-order valence-electron chi connectivity index (χ0n) is 19.3. The minimum atomic E-state index is -0.0530. The van der Waals surface area contributed by atoms with E-state index in [1.165, 1.54) is 0 Å². The van der Waals surface area contributed by atoms with Crippen molar-refractivity contribution in [2.24, 2.45) is 5.92 Å². The minimum absolute atomic E-state index is 0.0530. The molecule has 0 spiro atoms. The molecule has 2 fully saturated rings. The van der Waals surface area contributed by atoms with Gasteiger partial charge in [0.1, 0.15) is 5.82 Å². The molecule has 3 heterocycles. The first-order chi connectivity index (χ1) is 15.4. The Morgan fingerprint density at radius 3 is 2.69 bits per heavy atom. The highest BCUT2D eigenvalue weighted by atomic mass is 16.5. The van der Waals surface area contributed by atoms with E-state index in [0.717, 1.165) is 60.6 Å². The van der Waals surface area contributed by atoms with Crippen LogP contribution in [0.2, 0.25) is 0 Å². The normalized spacial score (nSPS) is 21.4. The Kier molecular flexibility index (Phi) is 6.86. The number of carbonyl (C=O) groups excluding carboxylic acids is 2. The summed E-state index contributed by atoms with van der Waals surface area (Å²) in [5.41, 5.74) is 2.82. The summed E-state index contributed by atoms with van der Waals surface area (Å²) < 4.78 is 5.52. The number of hydrogen-bond donors (Lipinski definition) is 1. The predicted molar refractivity (Wildman–Crippen MR) is 120 cm³/mol. The lowest BCUT2D eigenvalue weighted by atomic mass is 9.79. The van der Waals surface area contributed by atoms with Crippen LogP contribution < -0.4 is 5.32 Å². The van der Waals surface area contributed by atoms with Gasteiger partial charge in [-0.2, -0.15) is 0 Å². The number of carbonyl (C=O) groups is 2. The van der Waals surface area contributed by atoms with E-state index >= 15 is 0 Å². The summed E-state index contributed by atoms with van der Waals surface area (Å²) in [6.07, 6.45) is 7.39. The van der Waals surface area contributed by atoms with Gasteiger partial charge >= 0.3 is 0 Å². The lowest BCUT2D eigenvalue weighted by Crippen LogP contribution is -2.40. The molecule has 2 amide bonds. The van der Waals surface area contributed by atoms with E-state index in [0.29, 0.717) is 31.3 Å². The number of amides is 2. The molecule has 2 aliphatic rings. The third kappa shape index (κ3) is 5.16. The number of nitrogens with one attached hydrogen (secondary N) is 1. The monoisotopic (exact) mass is 439 g/mol. The number of aromatic nitrogens is 3. The Hall–Kier alpha value is -2.77. The van der Waals surface area contributed by atoms with Gasteiger partial charge in [0, 0.05) is 43.6 Å². The molecule has 4 rings (SSSR count). The van der Waals surface area contributed by atoms with Crippen molar-refractivity contribution in [3.8, 4) is 11.3 Å². The van der Waals surface area contributed by atoms with E-state index in [2.05, 4.69) is 29.3 Å². The van der Waals surface area contributed by atoms with Gasteiger partial charge < -0.3 is 14.7 Å². The first-order valence-electron chi connectivity index (χ1n) is 11.8. The Balaban J connectivity index is 1.36. The highest BCUT2D eigenvalue weighted by molar-refractivity contribution is 5.85. The molecule has 2 aromatic rings. The summed E-state index contributed by atoms with van der Waals surface area (Å²) in [5.74, 6) is 2.65. The first kappa shape index (κ1) is 22.4. The molecule has 1 aliphatic heterocycles. The van der Waals surface area contributed by atoms with Gasteiger partial charge in [-0.25, -0.2) is 9.97 Å². The van der Waals surface area contributed by atoms with Gasteiger partial charge in [0.25, 0.3) is 0 Å². The molecule has 0 radical (unpaired) electrons. The quantitative estimate of drug-likeness (QED) is 0.708. The van der Waals surface area contributed by atoms with Crippen LogP contribution in [0.15, 0.2) is 16.8 Å². The Morgan fingerprint density at radius 1 is 1.28 bits per heavy atom. The van der Waals surface area contributed by atoms with Crippen LogP contribution in [-0.2, 0) is 9.59 Å². The fourth-order valence-electron chi connectivity index (χ4n) is 4.68. The number of aryl methyl sites for hydroxylation is 1. The average molecular weight is 440 g/mol. The van der Waals surface area contributed by atoms with Crippen molar-refractivity contribution >= 4 is 11.8 Å². The van der Waals surface area contributed by atoms with Crippen LogP contribution in [-0.4, -0.2) is 51.5 Å². The van der Waals surface area contributed by atoms with Crippen LogP contribution in [0.1, 0.15) is 81.4 Å². The molecule has 32 heavy (non-hydrogen) atoms. The summed E-state index contributed by atoms with van der Waals surface area (Å²) >= 11 is 0. The molecule has 0 unspecified atom stereocenters. The Bertz CT molecular complexity index is 962. The fourth-order valence-corrected chi connectivity index (χ4v) is 4.68. The van der Waals surface area contributed by atoms with E-state index in [9.17, 15) is 9.59 Å². The molecule has 8 heteroatoms. The van der Waals surface area contributed by atoms with Gasteiger partial charge in [-0.05, 0) is 44.9 Å². The van der Waals surface area contributed by atoms with Crippen molar-refractivity contribution in [2.45, 2.75) is 71.1 Å². The van der Waals surface area contributed by atoms with Crippen LogP contribution in [0.5, 0.6) is 0 Å². The molecule has 0 aromatic carbocycles. The second kappa shape index (κ2) is 9.79. The van der Waals surface area contributed by atoms with E-state index in [4.69, 9.17) is 9.51 Å². The van der Waals surface area contributed by atoms with Crippen molar-refractivity contribution in [3.63, 3.8) is 0 Å². The van der Waals surface area contributed by atoms with E-state index in [-0.39, 0.29) is 24.3 Å². The van der Waals surface area contributed by atoms with Crippen LogP contribution in [0, 0.1) is 12.8 Å². The minimum Gasteiger partial charge on any atom is -0.356 e. The summed E-state index contributed by atoms with van der Waals surface area (Å²) in [6.45, 7) is 7.67. The zero-order chi connectivity index (χ0) is 22.7. The highest BCUT2D eigenvalue weighted by Gasteiger charge is 2.28. The largest absolute Gasteiger partial charge is 0.356 e. The van der Waals surface area contributed by atoms with Crippen LogP contribution in [0.3, 0.4) is 0 Å². The number of likely N-dealkylation sites (tertiary alicyclic amines) is 1. The Morgan fingerprint density at radius 2 is 2.06 bits per heavy atom. The fraction of sp³-hybridized carbons (Fsp3) is 0.625. The molecule has 1 N–H and O–H groups in total. The van der Waals surface area contributed by atoms with E-state index < -0.39 is 0 Å². The van der Waals surface area contributed by atoms with Gasteiger partial charge in [-0.15, -0.1) is 0 Å².